The van der Waals surface area contributed by atoms with Gasteiger partial charge in [0.05, 0.1) is 27.4 Å². The lowest BCUT2D eigenvalue weighted by molar-refractivity contribution is 0.362. The van der Waals surface area contributed by atoms with Crippen LogP contribution in [0, 0.1) is 0 Å². The Bertz CT molecular complexity index is 781. The van der Waals surface area contributed by atoms with Crippen LogP contribution >= 0.6 is 12.2 Å². The van der Waals surface area contributed by atoms with Crippen molar-refractivity contribution in [2.24, 2.45) is 0 Å². The van der Waals surface area contributed by atoms with Crippen LogP contribution in [0.3, 0.4) is 0 Å². The Morgan fingerprint density at radius 1 is 1.04 bits per heavy atom. The molecule has 1 saturated heterocycles. The quantitative estimate of drug-likeness (QED) is 0.792. The lowest BCUT2D eigenvalue weighted by atomic mass is 10.0. The van der Waals surface area contributed by atoms with Crippen LogP contribution < -0.4 is 19.5 Å². The number of rotatable bonds is 5. The molecule has 0 bridgehead atoms. The van der Waals surface area contributed by atoms with Crippen molar-refractivity contribution in [3.05, 3.63) is 48.0 Å². The third-order valence-corrected chi connectivity index (χ3v) is 4.97. The van der Waals surface area contributed by atoms with Gasteiger partial charge in [-0.1, -0.05) is 6.07 Å². The molecule has 26 heavy (non-hydrogen) atoms. The number of thiocarbonyl (C=S) groups is 1. The molecule has 2 aromatic carbocycles. The minimum Gasteiger partial charge on any atom is -0.497 e. The molecule has 0 radical (unpaired) electrons. The summed E-state index contributed by atoms with van der Waals surface area (Å²) in [6, 6.07) is 13.9. The average Bonchev–Trinajstić information content (AvgIpc) is 3.17. The lowest BCUT2D eigenvalue weighted by Crippen LogP contribution is -2.34. The number of likely N-dealkylation sites (tertiary alicyclic amines) is 1. The number of methoxy groups -OCH3 is 3. The van der Waals surface area contributed by atoms with E-state index in [0.717, 1.165) is 47.9 Å². The number of nitrogens with one attached hydrogen (secondary N) is 1. The van der Waals surface area contributed by atoms with E-state index in [1.54, 1.807) is 21.3 Å². The van der Waals surface area contributed by atoms with E-state index in [9.17, 15) is 0 Å². The van der Waals surface area contributed by atoms with E-state index >= 15 is 0 Å². The third kappa shape index (κ3) is 3.85. The summed E-state index contributed by atoms with van der Waals surface area (Å²) in [4.78, 5) is 2.22. The van der Waals surface area contributed by atoms with Crippen LogP contribution in [0.1, 0.15) is 24.4 Å². The second-order valence-corrected chi connectivity index (χ2v) is 6.51. The SMILES string of the molecule is COc1cccc(NC(=S)N2CCC[C@H]2c2ccc(OC)cc2OC)c1. The molecule has 0 spiro atoms. The largest absolute Gasteiger partial charge is 0.497 e. The van der Waals surface area contributed by atoms with Gasteiger partial charge < -0.3 is 24.4 Å². The van der Waals surface area contributed by atoms with Crippen LogP contribution in [-0.2, 0) is 0 Å². The Balaban J connectivity index is 1.80. The molecule has 1 atom stereocenters. The maximum atomic E-state index is 5.69. The van der Waals surface area contributed by atoms with Crippen molar-refractivity contribution in [2.45, 2.75) is 18.9 Å². The van der Waals surface area contributed by atoms with E-state index in [1.165, 1.54) is 0 Å². The summed E-state index contributed by atoms with van der Waals surface area (Å²) in [5.74, 6) is 2.41. The van der Waals surface area contributed by atoms with Crippen LogP contribution in [0.15, 0.2) is 42.5 Å². The third-order valence-electron chi connectivity index (χ3n) is 4.63. The molecule has 1 heterocycles. The first kappa shape index (κ1) is 18.3. The standard InChI is InChI=1S/C20H24N2O3S/c1-23-15-7-4-6-14(12-15)21-20(26)22-11-5-8-18(22)17-10-9-16(24-2)13-19(17)25-3/h4,6-7,9-10,12-13,18H,5,8,11H2,1-3H3,(H,21,26)/t18-/m0/s1. The van der Waals surface area contributed by atoms with Gasteiger partial charge in [-0.05, 0) is 49.3 Å². The first-order valence-corrected chi connectivity index (χ1v) is 9.00. The normalized spacial score (nSPS) is 16.3. The highest BCUT2D eigenvalue weighted by Gasteiger charge is 2.30. The van der Waals surface area contributed by atoms with Gasteiger partial charge in [0.1, 0.15) is 17.2 Å². The Hall–Kier alpha value is -2.47. The summed E-state index contributed by atoms with van der Waals surface area (Å²) in [7, 11) is 5.00. The summed E-state index contributed by atoms with van der Waals surface area (Å²) in [6.45, 7) is 0.912. The predicted molar refractivity (Wildman–Crippen MR) is 107 cm³/mol. The highest BCUT2D eigenvalue weighted by atomic mass is 32.1. The van der Waals surface area contributed by atoms with Crippen molar-refractivity contribution < 1.29 is 14.2 Å². The molecule has 1 fully saturated rings. The molecule has 0 amide bonds. The zero-order valence-corrected chi connectivity index (χ0v) is 16.1. The molecule has 0 unspecified atom stereocenters. The van der Waals surface area contributed by atoms with Gasteiger partial charge in [0.2, 0.25) is 0 Å². The highest BCUT2D eigenvalue weighted by molar-refractivity contribution is 7.80. The van der Waals surface area contributed by atoms with E-state index in [2.05, 4.69) is 16.3 Å². The van der Waals surface area contributed by atoms with Crippen molar-refractivity contribution in [1.82, 2.24) is 4.90 Å². The highest BCUT2D eigenvalue weighted by Crippen LogP contribution is 2.39. The van der Waals surface area contributed by atoms with E-state index in [0.29, 0.717) is 5.11 Å². The van der Waals surface area contributed by atoms with Gasteiger partial charge in [-0.3, -0.25) is 0 Å². The van der Waals surface area contributed by atoms with Crippen LogP contribution in [0.5, 0.6) is 17.2 Å². The molecule has 0 saturated carbocycles. The Morgan fingerprint density at radius 2 is 1.81 bits per heavy atom. The zero-order valence-electron chi connectivity index (χ0n) is 15.3. The maximum absolute atomic E-state index is 5.69. The van der Waals surface area contributed by atoms with Crippen LogP contribution in [0.2, 0.25) is 0 Å². The number of nitrogens with zero attached hydrogens (tertiary/aromatic N) is 1. The Labute approximate surface area is 159 Å². The van der Waals surface area contributed by atoms with Gasteiger partial charge >= 0.3 is 0 Å². The monoisotopic (exact) mass is 372 g/mol. The topological polar surface area (TPSA) is 43.0 Å². The molecule has 5 nitrogen and oxygen atoms in total. The van der Waals surface area contributed by atoms with E-state index in [-0.39, 0.29) is 6.04 Å². The number of benzene rings is 2. The molecule has 3 rings (SSSR count). The van der Waals surface area contributed by atoms with Gasteiger partial charge in [-0.2, -0.15) is 0 Å². The summed E-state index contributed by atoms with van der Waals surface area (Å²) in [5.41, 5.74) is 2.04. The number of anilines is 1. The number of hydrogen-bond donors (Lipinski definition) is 1. The predicted octanol–water partition coefficient (Wildman–Crippen LogP) is 4.25. The van der Waals surface area contributed by atoms with Gasteiger partial charge in [-0.25, -0.2) is 0 Å². The minimum atomic E-state index is 0.182. The van der Waals surface area contributed by atoms with Crippen LogP contribution in [-0.4, -0.2) is 37.9 Å². The van der Waals surface area contributed by atoms with Crippen molar-refractivity contribution in [3.63, 3.8) is 0 Å². The molecule has 2 aromatic rings. The fourth-order valence-corrected chi connectivity index (χ4v) is 3.66. The van der Waals surface area contributed by atoms with Gasteiger partial charge in [0, 0.05) is 29.9 Å². The van der Waals surface area contributed by atoms with Crippen molar-refractivity contribution in [1.29, 1.82) is 0 Å². The molecule has 138 valence electrons. The molecular weight excluding hydrogens is 348 g/mol. The smallest absolute Gasteiger partial charge is 0.173 e. The molecule has 1 aliphatic heterocycles. The molecule has 6 heteroatoms. The first-order chi connectivity index (χ1) is 12.7. The lowest BCUT2D eigenvalue weighted by Gasteiger charge is -2.29. The Morgan fingerprint density at radius 3 is 2.54 bits per heavy atom. The summed E-state index contributed by atoms with van der Waals surface area (Å²) in [6.07, 6.45) is 2.11. The minimum absolute atomic E-state index is 0.182. The maximum Gasteiger partial charge on any atom is 0.173 e. The molecule has 0 aliphatic carbocycles. The second kappa shape index (κ2) is 8.27. The summed E-state index contributed by atoms with van der Waals surface area (Å²) < 4.78 is 16.2. The number of hydrogen-bond acceptors (Lipinski definition) is 4. The van der Waals surface area contributed by atoms with Crippen LogP contribution in [0.4, 0.5) is 5.69 Å². The molecule has 0 aromatic heterocycles. The van der Waals surface area contributed by atoms with Gasteiger partial charge in [0.25, 0.3) is 0 Å². The summed E-state index contributed by atoms with van der Waals surface area (Å²) in [5, 5.41) is 4.04. The van der Waals surface area contributed by atoms with Crippen molar-refractivity contribution >= 4 is 23.0 Å². The van der Waals surface area contributed by atoms with Crippen LogP contribution in [0.25, 0.3) is 0 Å². The fourth-order valence-electron chi connectivity index (χ4n) is 3.32. The van der Waals surface area contributed by atoms with Crippen molar-refractivity contribution in [3.8, 4) is 17.2 Å². The van der Waals surface area contributed by atoms with E-state index in [4.69, 9.17) is 26.4 Å². The first-order valence-electron chi connectivity index (χ1n) is 8.60. The van der Waals surface area contributed by atoms with Gasteiger partial charge in [-0.15, -0.1) is 0 Å². The molecule has 1 N–H and O–H groups in total. The molecular formula is C20H24N2O3S. The zero-order chi connectivity index (χ0) is 18.5. The van der Waals surface area contributed by atoms with E-state index in [1.807, 2.05) is 36.4 Å². The molecule has 1 aliphatic rings. The second-order valence-electron chi connectivity index (χ2n) is 6.12. The van der Waals surface area contributed by atoms with E-state index < -0.39 is 0 Å². The summed E-state index contributed by atoms with van der Waals surface area (Å²) >= 11 is 5.69. The fraction of sp³-hybridized carbons (Fsp3) is 0.350. The van der Waals surface area contributed by atoms with Crippen molar-refractivity contribution in [2.75, 3.05) is 33.2 Å². The Kier molecular flexibility index (Phi) is 5.83. The average molecular weight is 372 g/mol. The van der Waals surface area contributed by atoms with Gasteiger partial charge in [0.15, 0.2) is 5.11 Å². The number of ether oxygens (including phenoxy) is 3.